The van der Waals surface area contributed by atoms with E-state index in [1.54, 1.807) is 6.07 Å². The molecule has 0 unspecified atom stereocenters. The van der Waals surface area contributed by atoms with Crippen molar-refractivity contribution in [1.29, 1.82) is 0 Å². The van der Waals surface area contributed by atoms with E-state index in [4.69, 9.17) is 5.11 Å². The molecule has 0 fully saturated rings. The SMILES string of the molecule is CCCCCCCCC(=O)NCc1ccc(O)c(F)c1. The maximum Gasteiger partial charge on any atom is 0.220 e. The predicted octanol–water partition coefficient (Wildman–Crippen LogP) is 3.90. The minimum Gasteiger partial charge on any atom is -0.505 e. The summed E-state index contributed by atoms with van der Waals surface area (Å²) in [6.45, 7) is 2.48. The standard InChI is InChI=1S/C16H24FNO2/c1-2-3-4-5-6-7-8-16(20)18-12-13-9-10-15(19)14(17)11-13/h9-11,19H,2-8,12H2,1H3,(H,18,20). The highest BCUT2D eigenvalue weighted by atomic mass is 19.1. The average Bonchev–Trinajstić information content (AvgIpc) is 2.44. The number of hydrogen-bond acceptors (Lipinski definition) is 2. The summed E-state index contributed by atoms with van der Waals surface area (Å²) in [6.07, 6.45) is 7.42. The Bertz CT molecular complexity index is 421. The zero-order valence-corrected chi connectivity index (χ0v) is 12.1. The molecule has 0 heterocycles. The second-order valence-electron chi connectivity index (χ2n) is 5.08. The van der Waals surface area contributed by atoms with Crippen LogP contribution in [0.1, 0.15) is 57.4 Å². The summed E-state index contributed by atoms with van der Waals surface area (Å²) in [6, 6.07) is 4.13. The number of unbranched alkanes of at least 4 members (excludes halogenated alkanes) is 5. The molecular weight excluding hydrogens is 257 g/mol. The summed E-state index contributed by atoms with van der Waals surface area (Å²) in [5.74, 6) is -1.03. The Hall–Kier alpha value is -1.58. The number of carbonyl (C=O) groups excluding carboxylic acids is 1. The van der Waals surface area contributed by atoms with Gasteiger partial charge in [0.1, 0.15) is 0 Å². The van der Waals surface area contributed by atoms with Crippen LogP contribution in [0.2, 0.25) is 0 Å². The lowest BCUT2D eigenvalue weighted by Gasteiger charge is -2.06. The number of carbonyl (C=O) groups is 1. The Kier molecular flexibility index (Phi) is 7.70. The van der Waals surface area contributed by atoms with E-state index in [0.29, 0.717) is 18.5 Å². The number of amides is 1. The van der Waals surface area contributed by atoms with Crippen molar-refractivity contribution in [3.8, 4) is 5.75 Å². The van der Waals surface area contributed by atoms with Gasteiger partial charge in [0.05, 0.1) is 0 Å². The molecule has 1 amide bonds. The molecule has 20 heavy (non-hydrogen) atoms. The third-order valence-electron chi connectivity index (χ3n) is 3.26. The molecule has 0 spiro atoms. The van der Waals surface area contributed by atoms with Crippen LogP contribution in [0.15, 0.2) is 18.2 Å². The molecule has 0 atom stereocenters. The number of aromatic hydroxyl groups is 1. The molecule has 4 heteroatoms. The highest BCUT2D eigenvalue weighted by Crippen LogP contribution is 2.16. The first-order chi connectivity index (χ1) is 9.63. The lowest BCUT2D eigenvalue weighted by atomic mass is 10.1. The normalized spacial score (nSPS) is 10.5. The third kappa shape index (κ3) is 6.55. The second kappa shape index (κ2) is 9.34. The maximum atomic E-state index is 13.1. The minimum absolute atomic E-state index is 0.00558. The molecule has 0 radical (unpaired) electrons. The van der Waals surface area contributed by atoms with Gasteiger partial charge in [0.2, 0.25) is 5.91 Å². The van der Waals surface area contributed by atoms with Crippen LogP contribution in [-0.2, 0) is 11.3 Å². The maximum absolute atomic E-state index is 13.1. The van der Waals surface area contributed by atoms with Crippen LogP contribution in [0, 0.1) is 5.82 Å². The van der Waals surface area contributed by atoms with Crippen molar-refractivity contribution in [1.82, 2.24) is 5.32 Å². The van der Waals surface area contributed by atoms with Crippen molar-refractivity contribution in [2.24, 2.45) is 0 Å². The van der Waals surface area contributed by atoms with E-state index in [1.165, 1.54) is 37.8 Å². The van der Waals surface area contributed by atoms with E-state index in [2.05, 4.69) is 12.2 Å². The van der Waals surface area contributed by atoms with Crippen molar-refractivity contribution in [3.05, 3.63) is 29.6 Å². The fourth-order valence-corrected chi connectivity index (χ4v) is 2.02. The van der Waals surface area contributed by atoms with Crippen molar-refractivity contribution >= 4 is 5.91 Å². The molecule has 0 aliphatic heterocycles. The summed E-state index contributed by atoms with van der Waals surface area (Å²) in [7, 11) is 0. The van der Waals surface area contributed by atoms with Gasteiger partial charge in [-0.3, -0.25) is 4.79 Å². The third-order valence-corrected chi connectivity index (χ3v) is 3.26. The van der Waals surface area contributed by atoms with Crippen molar-refractivity contribution in [2.75, 3.05) is 0 Å². The molecular formula is C16H24FNO2. The van der Waals surface area contributed by atoms with Gasteiger partial charge in [-0.05, 0) is 24.1 Å². The molecule has 1 rings (SSSR count). The lowest BCUT2D eigenvalue weighted by Crippen LogP contribution is -2.22. The van der Waals surface area contributed by atoms with Crippen LogP contribution in [0.3, 0.4) is 0 Å². The van der Waals surface area contributed by atoms with Gasteiger partial charge in [0.15, 0.2) is 11.6 Å². The first-order valence-electron chi connectivity index (χ1n) is 7.37. The molecule has 0 aliphatic rings. The monoisotopic (exact) mass is 281 g/mol. The molecule has 0 saturated heterocycles. The summed E-state index contributed by atoms with van der Waals surface area (Å²) in [5.41, 5.74) is 0.650. The van der Waals surface area contributed by atoms with Crippen LogP contribution in [0.25, 0.3) is 0 Å². The van der Waals surface area contributed by atoms with Crippen molar-refractivity contribution in [3.63, 3.8) is 0 Å². The average molecular weight is 281 g/mol. The molecule has 2 N–H and O–H groups in total. The number of phenols is 1. The zero-order chi connectivity index (χ0) is 14.8. The number of halogens is 1. The Morgan fingerprint density at radius 2 is 1.90 bits per heavy atom. The van der Waals surface area contributed by atoms with Crippen LogP contribution < -0.4 is 5.32 Å². The molecule has 0 aromatic heterocycles. The quantitative estimate of drug-likeness (QED) is 0.674. The molecule has 0 bridgehead atoms. The van der Waals surface area contributed by atoms with E-state index in [0.717, 1.165) is 12.8 Å². The highest BCUT2D eigenvalue weighted by molar-refractivity contribution is 5.75. The fourth-order valence-electron chi connectivity index (χ4n) is 2.02. The molecule has 112 valence electrons. The minimum atomic E-state index is -0.660. The lowest BCUT2D eigenvalue weighted by molar-refractivity contribution is -0.121. The fraction of sp³-hybridized carbons (Fsp3) is 0.562. The van der Waals surface area contributed by atoms with Crippen LogP contribution in [-0.4, -0.2) is 11.0 Å². The molecule has 3 nitrogen and oxygen atoms in total. The number of nitrogens with one attached hydrogen (secondary N) is 1. The number of benzene rings is 1. The predicted molar refractivity (Wildman–Crippen MR) is 77.9 cm³/mol. The number of hydrogen-bond donors (Lipinski definition) is 2. The van der Waals surface area contributed by atoms with Gasteiger partial charge in [0.25, 0.3) is 0 Å². The van der Waals surface area contributed by atoms with Crippen LogP contribution in [0.5, 0.6) is 5.75 Å². The van der Waals surface area contributed by atoms with Crippen LogP contribution in [0.4, 0.5) is 4.39 Å². The number of phenolic OH excluding ortho intramolecular Hbond substituents is 1. The van der Waals surface area contributed by atoms with Gasteiger partial charge in [0, 0.05) is 13.0 Å². The van der Waals surface area contributed by atoms with E-state index in [9.17, 15) is 9.18 Å². The second-order valence-corrected chi connectivity index (χ2v) is 5.08. The Morgan fingerprint density at radius 1 is 1.20 bits per heavy atom. The van der Waals surface area contributed by atoms with Gasteiger partial charge >= 0.3 is 0 Å². The Morgan fingerprint density at radius 3 is 2.60 bits per heavy atom. The molecule has 1 aromatic rings. The number of rotatable bonds is 9. The van der Waals surface area contributed by atoms with Crippen molar-refractivity contribution < 1.29 is 14.3 Å². The van der Waals surface area contributed by atoms with E-state index in [-0.39, 0.29) is 11.7 Å². The van der Waals surface area contributed by atoms with Crippen LogP contribution >= 0.6 is 0 Å². The summed E-state index contributed by atoms with van der Waals surface area (Å²) < 4.78 is 13.1. The van der Waals surface area contributed by atoms with Crippen molar-refractivity contribution in [2.45, 2.75) is 58.4 Å². The van der Waals surface area contributed by atoms with Gasteiger partial charge in [-0.25, -0.2) is 4.39 Å². The van der Waals surface area contributed by atoms with E-state index in [1.807, 2.05) is 0 Å². The molecule has 1 aromatic carbocycles. The van der Waals surface area contributed by atoms with Gasteiger partial charge in [-0.15, -0.1) is 0 Å². The zero-order valence-electron chi connectivity index (χ0n) is 12.1. The largest absolute Gasteiger partial charge is 0.505 e. The first-order valence-corrected chi connectivity index (χ1v) is 7.37. The smallest absolute Gasteiger partial charge is 0.220 e. The topological polar surface area (TPSA) is 49.3 Å². The summed E-state index contributed by atoms with van der Waals surface area (Å²) in [4.78, 5) is 11.6. The summed E-state index contributed by atoms with van der Waals surface area (Å²) >= 11 is 0. The molecule has 0 saturated carbocycles. The Labute approximate surface area is 120 Å². The molecule has 0 aliphatic carbocycles. The van der Waals surface area contributed by atoms with Gasteiger partial charge in [-0.1, -0.05) is 45.1 Å². The Balaban J connectivity index is 2.15. The van der Waals surface area contributed by atoms with Gasteiger partial charge in [-0.2, -0.15) is 0 Å². The van der Waals surface area contributed by atoms with Gasteiger partial charge < -0.3 is 10.4 Å². The van der Waals surface area contributed by atoms with E-state index >= 15 is 0 Å². The van der Waals surface area contributed by atoms with E-state index < -0.39 is 5.82 Å². The summed E-state index contributed by atoms with van der Waals surface area (Å²) in [5, 5.41) is 11.8. The highest BCUT2D eigenvalue weighted by Gasteiger charge is 2.04. The first kappa shape index (κ1) is 16.5.